The summed E-state index contributed by atoms with van der Waals surface area (Å²) in [5, 5.41) is 11.6. The van der Waals surface area contributed by atoms with E-state index in [1.165, 1.54) is 0 Å². The van der Waals surface area contributed by atoms with Crippen LogP contribution in [0.2, 0.25) is 0 Å². The average Bonchev–Trinajstić information content (AvgIpc) is 2.82. The first-order valence-corrected chi connectivity index (χ1v) is 6.50. The Balaban J connectivity index is 2.13. The van der Waals surface area contributed by atoms with E-state index >= 15 is 0 Å². The van der Waals surface area contributed by atoms with Crippen molar-refractivity contribution in [2.45, 2.75) is 25.5 Å². The van der Waals surface area contributed by atoms with Gasteiger partial charge in [-0.05, 0) is 13.8 Å². The molecule has 1 aliphatic rings. The van der Waals surface area contributed by atoms with Gasteiger partial charge in [0.1, 0.15) is 0 Å². The minimum Gasteiger partial charge on any atom is -0.294 e. The van der Waals surface area contributed by atoms with Crippen molar-refractivity contribution in [3.05, 3.63) is 0 Å². The van der Waals surface area contributed by atoms with Crippen molar-refractivity contribution in [1.29, 1.82) is 0 Å². The largest absolute Gasteiger partial charge is 0.294 e. The van der Waals surface area contributed by atoms with Crippen molar-refractivity contribution < 1.29 is 4.79 Å². The van der Waals surface area contributed by atoms with E-state index in [1.54, 1.807) is 25.6 Å². The molecule has 2 heterocycles. The number of aromatic nitrogens is 3. The summed E-state index contributed by atoms with van der Waals surface area (Å²) in [5.41, 5.74) is -0.598. The van der Waals surface area contributed by atoms with E-state index in [1.807, 2.05) is 4.57 Å². The van der Waals surface area contributed by atoms with Crippen molar-refractivity contribution in [2.75, 3.05) is 16.9 Å². The summed E-state index contributed by atoms with van der Waals surface area (Å²) in [6.45, 7) is 4.43. The number of anilines is 1. The van der Waals surface area contributed by atoms with Gasteiger partial charge < -0.3 is 0 Å². The predicted molar refractivity (Wildman–Crippen MR) is 63.9 cm³/mol. The van der Waals surface area contributed by atoms with Crippen LogP contribution in [0.1, 0.15) is 13.8 Å². The topological polar surface area (TPSA) is 59.8 Å². The highest BCUT2D eigenvalue weighted by molar-refractivity contribution is 7.99. The third kappa shape index (κ3) is 2.04. The summed E-state index contributed by atoms with van der Waals surface area (Å²) in [4.78, 5) is 11.9. The quantitative estimate of drug-likeness (QED) is 0.839. The number of alkyl halides is 1. The molecule has 88 valence electrons. The first-order valence-electron chi connectivity index (χ1n) is 4.98. The smallest absolute Gasteiger partial charge is 0.233 e. The molecule has 5 nitrogen and oxygen atoms in total. The number of fused-ring (bicyclic) bond motifs is 1. The maximum absolute atomic E-state index is 11.9. The Kier molecular flexibility index (Phi) is 3.12. The molecule has 0 aliphatic carbocycles. The maximum Gasteiger partial charge on any atom is 0.233 e. The number of rotatable bonds is 3. The zero-order valence-corrected chi connectivity index (χ0v) is 10.7. The van der Waals surface area contributed by atoms with Crippen LogP contribution in [0.3, 0.4) is 0 Å². The molecule has 16 heavy (non-hydrogen) atoms. The summed E-state index contributed by atoms with van der Waals surface area (Å²) < 4.78 is 1.91. The molecule has 0 radical (unpaired) electrons. The molecule has 1 aliphatic heterocycles. The Labute approximate surface area is 103 Å². The van der Waals surface area contributed by atoms with Crippen LogP contribution in [0.15, 0.2) is 5.16 Å². The molecule has 7 heteroatoms. The van der Waals surface area contributed by atoms with Gasteiger partial charge >= 0.3 is 0 Å². The van der Waals surface area contributed by atoms with E-state index in [9.17, 15) is 4.79 Å². The first kappa shape index (κ1) is 11.7. The van der Waals surface area contributed by atoms with Gasteiger partial charge in [0, 0.05) is 18.2 Å². The Morgan fingerprint density at radius 3 is 3.06 bits per heavy atom. The molecule has 0 fully saturated rings. The van der Waals surface area contributed by atoms with Crippen molar-refractivity contribution in [3.8, 4) is 0 Å². The van der Waals surface area contributed by atoms with Crippen LogP contribution < -0.4 is 5.32 Å². The summed E-state index contributed by atoms with van der Waals surface area (Å²) in [7, 11) is 0. The van der Waals surface area contributed by atoms with Crippen LogP contribution in [0.25, 0.3) is 0 Å². The van der Waals surface area contributed by atoms with Crippen LogP contribution >= 0.6 is 23.4 Å². The number of thioether (sulfide) groups is 1. The molecule has 2 rings (SSSR count). The molecule has 1 amide bonds. The van der Waals surface area contributed by atoms with Gasteiger partial charge in [-0.1, -0.05) is 11.8 Å². The lowest BCUT2D eigenvalue weighted by Gasteiger charge is -2.19. The summed E-state index contributed by atoms with van der Waals surface area (Å²) in [5.74, 6) is 1.64. The van der Waals surface area contributed by atoms with Crippen LogP contribution in [0, 0.1) is 5.41 Å². The molecule has 1 aromatic rings. The molecule has 1 N–H and O–H groups in total. The molecule has 0 aromatic carbocycles. The SMILES string of the molecule is CC(C)(CCl)C(=O)Nc1nnc2n1CCS2. The lowest BCUT2D eigenvalue weighted by atomic mass is 9.95. The fraction of sp³-hybridized carbons (Fsp3) is 0.667. The number of amides is 1. The zero-order valence-electron chi connectivity index (χ0n) is 9.16. The van der Waals surface area contributed by atoms with E-state index < -0.39 is 5.41 Å². The second kappa shape index (κ2) is 4.25. The van der Waals surface area contributed by atoms with E-state index in [2.05, 4.69) is 15.5 Å². The molecule has 0 bridgehead atoms. The van der Waals surface area contributed by atoms with E-state index in [0.29, 0.717) is 5.95 Å². The number of hydrogen-bond acceptors (Lipinski definition) is 4. The fourth-order valence-corrected chi connectivity index (χ4v) is 2.26. The normalized spacial score (nSPS) is 14.9. The number of halogens is 1. The average molecular weight is 261 g/mol. The number of hydrogen-bond donors (Lipinski definition) is 1. The summed E-state index contributed by atoms with van der Waals surface area (Å²) in [6.07, 6.45) is 0. The zero-order chi connectivity index (χ0) is 11.8. The Morgan fingerprint density at radius 2 is 2.38 bits per heavy atom. The second-order valence-electron chi connectivity index (χ2n) is 4.28. The number of nitrogens with zero attached hydrogens (tertiary/aromatic N) is 3. The molecular formula is C9H13ClN4OS. The fourth-order valence-electron chi connectivity index (χ4n) is 1.25. The van der Waals surface area contributed by atoms with Crippen LogP contribution in [-0.2, 0) is 11.3 Å². The van der Waals surface area contributed by atoms with Gasteiger partial charge in [-0.2, -0.15) is 0 Å². The number of carbonyl (C=O) groups is 1. The Hall–Kier alpha value is -0.750. The number of nitrogens with one attached hydrogen (secondary N) is 1. The van der Waals surface area contributed by atoms with Gasteiger partial charge in [0.25, 0.3) is 0 Å². The maximum atomic E-state index is 11.9. The van der Waals surface area contributed by atoms with Crippen molar-refractivity contribution in [1.82, 2.24) is 14.8 Å². The molecule has 0 atom stereocenters. The second-order valence-corrected chi connectivity index (χ2v) is 5.61. The minimum atomic E-state index is -0.598. The third-order valence-electron chi connectivity index (χ3n) is 2.44. The molecule has 0 spiro atoms. The minimum absolute atomic E-state index is 0.130. The molecule has 0 unspecified atom stereocenters. The summed E-state index contributed by atoms with van der Waals surface area (Å²) in [6, 6.07) is 0. The predicted octanol–water partition coefficient (Wildman–Crippen LogP) is 1.59. The molecular weight excluding hydrogens is 248 g/mol. The van der Waals surface area contributed by atoms with Gasteiger partial charge in [0.15, 0.2) is 5.16 Å². The van der Waals surface area contributed by atoms with Crippen LogP contribution in [0.4, 0.5) is 5.95 Å². The van der Waals surface area contributed by atoms with Gasteiger partial charge in [0.2, 0.25) is 11.9 Å². The highest BCUT2D eigenvalue weighted by Gasteiger charge is 2.29. The molecule has 0 saturated heterocycles. The van der Waals surface area contributed by atoms with Gasteiger partial charge in [0.05, 0.1) is 5.41 Å². The van der Waals surface area contributed by atoms with Gasteiger partial charge in [-0.3, -0.25) is 14.7 Å². The number of carbonyl (C=O) groups excluding carboxylic acids is 1. The van der Waals surface area contributed by atoms with Crippen molar-refractivity contribution in [2.24, 2.45) is 5.41 Å². The first-order chi connectivity index (χ1) is 7.54. The van der Waals surface area contributed by atoms with E-state index in [4.69, 9.17) is 11.6 Å². The van der Waals surface area contributed by atoms with Crippen molar-refractivity contribution >= 4 is 35.2 Å². The highest BCUT2D eigenvalue weighted by Crippen LogP contribution is 2.27. The van der Waals surface area contributed by atoms with Crippen LogP contribution in [-0.4, -0.2) is 32.3 Å². The van der Waals surface area contributed by atoms with Gasteiger partial charge in [-0.15, -0.1) is 21.8 Å². The van der Waals surface area contributed by atoms with Crippen LogP contribution in [0.5, 0.6) is 0 Å². The Morgan fingerprint density at radius 1 is 1.62 bits per heavy atom. The van der Waals surface area contributed by atoms with Gasteiger partial charge in [-0.25, -0.2) is 0 Å². The summed E-state index contributed by atoms with van der Waals surface area (Å²) >= 11 is 7.38. The molecule has 0 saturated carbocycles. The lowest BCUT2D eigenvalue weighted by molar-refractivity contribution is -0.123. The monoisotopic (exact) mass is 260 g/mol. The Bertz CT molecular complexity index is 418. The lowest BCUT2D eigenvalue weighted by Crippen LogP contribution is -2.33. The van der Waals surface area contributed by atoms with E-state index in [-0.39, 0.29) is 11.8 Å². The third-order valence-corrected chi connectivity index (χ3v) is 4.05. The van der Waals surface area contributed by atoms with Crippen molar-refractivity contribution in [3.63, 3.8) is 0 Å². The standard InChI is InChI=1S/C9H13ClN4OS/c1-9(2,5-10)6(15)11-7-12-13-8-14(7)3-4-16-8/h3-5H2,1-2H3,(H,11,12,15). The highest BCUT2D eigenvalue weighted by atomic mass is 35.5. The van der Waals surface area contributed by atoms with E-state index in [0.717, 1.165) is 17.5 Å². The molecule has 1 aromatic heterocycles.